The van der Waals surface area contributed by atoms with Crippen LogP contribution >= 0.6 is 0 Å². The Morgan fingerprint density at radius 3 is 2.58 bits per heavy atom. The molecule has 2 aromatic heterocycles. The summed E-state index contributed by atoms with van der Waals surface area (Å²) in [5.74, 6) is -3.38. The van der Waals surface area contributed by atoms with Gasteiger partial charge in [0.1, 0.15) is 0 Å². The average Bonchev–Trinajstić information content (AvgIpc) is 2.65. The van der Waals surface area contributed by atoms with Crippen molar-refractivity contribution in [3.05, 3.63) is 74.2 Å². The third-order valence-corrected chi connectivity index (χ3v) is 4.88. The van der Waals surface area contributed by atoms with Crippen molar-refractivity contribution in [1.29, 1.82) is 0 Å². The van der Waals surface area contributed by atoms with E-state index in [1.165, 1.54) is 18.3 Å². The molecule has 5 nitrogen and oxygen atoms in total. The topological polar surface area (TPSA) is 67.8 Å². The first kappa shape index (κ1) is 16.6. The summed E-state index contributed by atoms with van der Waals surface area (Å²) in [6.07, 6.45) is 6.28. The summed E-state index contributed by atoms with van der Waals surface area (Å²) in [5.41, 5.74) is 0.705. The van der Waals surface area contributed by atoms with Crippen molar-refractivity contribution in [2.75, 3.05) is 0 Å². The lowest BCUT2D eigenvalue weighted by Gasteiger charge is -2.19. The molecule has 0 aliphatic heterocycles. The van der Waals surface area contributed by atoms with E-state index in [1.807, 2.05) is 0 Å². The van der Waals surface area contributed by atoms with Crippen LogP contribution in [0.3, 0.4) is 0 Å². The highest BCUT2D eigenvalue weighted by molar-refractivity contribution is 5.79. The summed E-state index contributed by atoms with van der Waals surface area (Å²) in [6, 6.07) is 6.16. The fraction of sp³-hybridized carbons (Fsp3) is 0.316. The number of pyridine rings is 1. The predicted octanol–water partition coefficient (Wildman–Crippen LogP) is 2.76. The zero-order chi connectivity index (χ0) is 18.3. The highest BCUT2D eigenvalue weighted by atomic mass is 19.3. The third-order valence-electron chi connectivity index (χ3n) is 4.88. The van der Waals surface area contributed by atoms with Crippen LogP contribution in [0.1, 0.15) is 29.5 Å². The van der Waals surface area contributed by atoms with E-state index >= 15 is 0 Å². The first-order valence-corrected chi connectivity index (χ1v) is 8.53. The number of hydrogen-bond donors (Lipinski definition) is 1. The molecule has 1 aliphatic carbocycles. The number of H-pyrrole nitrogens is 1. The van der Waals surface area contributed by atoms with Crippen LogP contribution in [-0.4, -0.2) is 14.5 Å². The van der Waals surface area contributed by atoms with Crippen molar-refractivity contribution < 1.29 is 8.78 Å². The SMILES string of the molecule is O=c1[nH]c2cc3c(cc2c(=O)n1CC(F)(F)c1cccnc1)CCCC3. The number of fused-ring (bicyclic) bond motifs is 2. The van der Waals surface area contributed by atoms with Crippen LogP contribution in [0, 0.1) is 0 Å². The summed E-state index contributed by atoms with van der Waals surface area (Å²) >= 11 is 0. The minimum absolute atomic E-state index is 0.271. The number of rotatable bonds is 3. The van der Waals surface area contributed by atoms with E-state index in [0.717, 1.165) is 43.0 Å². The van der Waals surface area contributed by atoms with Gasteiger partial charge in [0.15, 0.2) is 0 Å². The first-order valence-electron chi connectivity index (χ1n) is 8.53. The van der Waals surface area contributed by atoms with E-state index in [2.05, 4.69) is 9.97 Å². The molecule has 0 radical (unpaired) electrons. The van der Waals surface area contributed by atoms with E-state index < -0.39 is 23.7 Å². The Hall–Kier alpha value is -2.83. The van der Waals surface area contributed by atoms with Crippen molar-refractivity contribution in [2.45, 2.75) is 38.2 Å². The van der Waals surface area contributed by atoms with Gasteiger partial charge in [0.05, 0.1) is 17.4 Å². The number of nitrogens with one attached hydrogen (secondary N) is 1. The zero-order valence-corrected chi connectivity index (χ0v) is 14.0. The number of hydrogen-bond acceptors (Lipinski definition) is 3. The maximum Gasteiger partial charge on any atom is 0.329 e. The number of alkyl halides is 2. The maximum absolute atomic E-state index is 14.5. The van der Waals surface area contributed by atoms with E-state index in [9.17, 15) is 18.4 Å². The van der Waals surface area contributed by atoms with Gasteiger partial charge in [-0.15, -0.1) is 0 Å². The third kappa shape index (κ3) is 2.83. The highest BCUT2D eigenvalue weighted by Gasteiger charge is 2.34. The van der Waals surface area contributed by atoms with Crippen LogP contribution in [0.2, 0.25) is 0 Å². The second kappa shape index (κ2) is 6.16. The molecule has 1 aliphatic rings. The summed E-state index contributed by atoms with van der Waals surface area (Å²) in [5, 5.41) is 0.271. The van der Waals surface area contributed by atoms with Crippen LogP contribution in [0.25, 0.3) is 10.9 Å². The molecule has 0 saturated carbocycles. The van der Waals surface area contributed by atoms with Crippen LogP contribution in [0.15, 0.2) is 46.2 Å². The Morgan fingerprint density at radius 2 is 1.88 bits per heavy atom. The molecule has 26 heavy (non-hydrogen) atoms. The van der Waals surface area contributed by atoms with Gasteiger partial charge < -0.3 is 4.98 Å². The second-order valence-electron chi connectivity index (χ2n) is 6.64. The second-order valence-corrected chi connectivity index (χ2v) is 6.64. The molecule has 0 saturated heterocycles. The largest absolute Gasteiger partial charge is 0.329 e. The molecule has 4 rings (SSSR count). The molecule has 7 heteroatoms. The minimum Gasteiger partial charge on any atom is -0.307 e. The molecule has 1 N–H and O–H groups in total. The lowest BCUT2D eigenvalue weighted by Crippen LogP contribution is -2.40. The Morgan fingerprint density at radius 1 is 1.15 bits per heavy atom. The maximum atomic E-state index is 14.5. The van der Waals surface area contributed by atoms with Crippen molar-refractivity contribution in [3.8, 4) is 0 Å². The number of nitrogens with zero attached hydrogens (tertiary/aromatic N) is 2. The lowest BCUT2D eigenvalue weighted by atomic mass is 9.90. The van der Waals surface area contributed by atoms with E-state index in [0.29, 0.717) is 10.1 Å². The van der Waals surface area contributed by atoms with Crippen molar-refractivity contribution in [3.63, 3.8) is 0 Å². The molecule has 0 amide bonds. The van der Waals surface area contributed by atoms with Gasteiger partial charge in [-0.25, -0.2) is 4.79 Å². The van der Waals surface area contributed by atoms with Crippen LogP contribution in [0.5, 0.6) is 0 Å². The normalized spacial score (nSPS) is 14.4. The van der Waals surface area contributed by atoms with Gasteiger partial charge in [0, 0.05) is 18.0 Å². The molecule has 0 spiro atoms. The van der Waals surface area contributed by atoms with Crippen LogP contribution in [-0.2, 0) is 25.3 Å². The van der Waals surface area contributed by atoms with Gasteiger partial charge in [-0.3, -0.25) is 14.3 Å². The van der Waals surface area contributed by atoms with Crippen molar-refractivity contribution in [2.24, 2.45) is 0 Å². The van der Waals surface area contributed by atoms with Gasteiger partial charge >= 0.3 is 5.69 Å². The monoisotopic (exact) mass is 357 g/mol. The van der Waals surface area contributed by atoms with E-state index in [1.54, 1.807) is 12.1 Å². The van der Waals surface area contributed by atoms with Gasteiger partial charge in [-0.2, -0.15) is 8.78 Å². The summed E-state index contributed by atoms with van der Waals surface area (Å²) in [4.78, 5) is 31.3. The Labute approximate surface area is 147 Å². The van der Waals surface area contributed by atoms with Gasteiger partial charge in [-0.1, -0.05) is 0 Å². The van der Waals surface area contributed by atoms with Crippen LogP contribution < -0.4 is 11.2 Å². The summed E-state index contributed by atoms with van der Waals surface area (Å²) < 4.78 is 29.6. The Bertz CT molecular complexity index is 1090. The molecular weight excluding hydrogens is 340 g/mol. The molecule has 2 heterocycles. The zero-order valence-electron chi connectivity index (χ0n) is 14.0. The van der Waals surface area contributed by atoms with E-state index in [4.69, 9.17) is 0 Å². The highest BCUT2D eigenvalue weighted by Crippen LogP contribution is 2.28. The minimum atomic E-state index is -3.38. The van der Waals surface area contributed by atoms with E-state index in [-0.39, 0.29) is 10.9 Å². The molecule has 1 aromatic carbocycles. The van der Waals surface area contributed by atoms with Gasteiger partial charge in [0.25, 0.3) is 11.5 Å². The molecule has 0 bridgehead atoms. The Kier molecular flexibility index (Phi) is 3.94. The number of halogens is 2. The molecule has 3 aromatic rings. The number of benzene rings is 1. The quantitative estimate of drug-likeness (QED) is 0.784. The first-order chi connectivity index (χ1) is 12.5. The van der Waals surface area contributed by atoms with Gasteiger partial charge in [0.2, 0.25) is 0 Å². The molecule has 0 fully saturated rings. The molecule has 0 unspecified atom stereocenters. The standard InChI is InChI=1S/C19H17F2N3O2/c20-19(21,14-6-3-7-22-10-14)11-24-17(25)15-8-12-4-1-2-5-13(12)9-16(15)23-18(24)26/h3,6-10H,1-2,4-5,11H2,(H,23,26). The fourth-order valence-corrected chi connectivity index (χ4v) is 3.50. The van der Waals surface area contributed by atoms with Crippen molar-refractivity contribution in [1.82, 2.24) is 14.5 Å². The molecular formula is C19H17F2N3O2. The average molecular weight is 357 g/mol. The molecule has 0 atom stereocenters. The smallest absolute Gasteiger partial charge is 0.307 e. The summed E-state index contributed by atoms with van der Waals surface area (Å²) in [7, 11) is 0. The summed E-state index contributed by atoms with van der Waals surface area (Å²) in [6.45, 7) is -1.03. The fourth-order valence-electron chi connectivity index (χ4n) is 3.50. The van der Waals surface area contributed by atoms with Crippen LogP contribution in [0.4, 0.5) is 8.78 Å². The number of aromatic amines is 1. The van der Waals surface area contributed by atoms with Gasteiger partial charge in [-0.05, 0) is 61.1 Å². The lowest BCUT2D eigenvalue weighted by molar-refractivity contribution is -0.0244. The predicted molar refractivity (Wildman–Crippen MR) is 93.6 cm³/mol. The number of aromatic nitrogens is 3. The molecule has 134 valence electrons. The number of aryl methyl sites for hydroxylation is 2. The Balaban J connectivity index is 1.83. The van der Waals surface area contributed by atoms with Crippen molar-refractivity contribution >= 4 is 10.9 Å².